The molecule has 0 aromatic carbocycles. The third-order valence-electron chi connectivity index (χ3n) is 5.91. The first-order valence-corrected chi connectivity index (χ1v) is 9.04. The summed E-state index contributed by atoms with van der Waals surface area (Å²) in [5, 5.41) is 41.8. The molecule has 0 aromatic rings. The van der Waals surface area contributed by atoms with Gasteiger partial charge in [-0.15, -0.1) is 0 Å². The molecule has 23 heavy (non-hydrogen) atoms. The van der Waals surface area contributed by atoms with Crippen molar-refractivity contribution < 1.29 is 20.4 Å². The first-order valence-electron chi connectivity index (χ1n) is 9.04. The van der Waals surface area contributed by atoms with Gasteiger partial charge in [0.25, 0.3) is 0 Å². The highest BCUT2D eigenvalue weighted by Gasteiger charge is 2.43. The topological polar surface area (TPSA) is 80.9 Å². The fraction of sp³-hybridized carbons (Fsp3) is 0.789. The molecule has 2 rings (SSSR count). The Bertz CT molecular complexity index is 434. The minimum absolute atomic E-state index is 0.00234. The van der Waals surface area contributed by atoms with Crippen LogP contribution in [0.25, 0.3) is 0 Å². The smallest absolute Gasteiger partial charge is 0.130 e. The standard InChI is InChI=1S/C19H32O4/c1-13-7-3-5-9-15(13)17(22)19(11-20,12-21)18(23)16-10-6-4-8-14(16)2/h13-14,20-23H,3-12H2,1-2H3. The molecule has 0 saturated heterocycles. The van der Waals surface area contributed by atoms with Gasteiger partial charge < -0.3 is 20.4 Å². The summed E-state index contributed by atoms with van der Waals surface area (Å²) in [6, 6.07) is 0. The van der Waals surface area contributed by atoms with Crippen LogP contribution in [0.3, 0.4) is 0 Å². The van der Waals surface area contributed by atoms with Gasteiger partial charge in [0.2, 0.25) is 0 Å². The van der Waals surface area contributed by atoms with Gasteiger partial charge >= 0.3 is 0 Å². The average molecular weight is 324 g/mol. The normalized spacial score (nSPS) is 31.0. The van der Waals surface area contributed by atoms with Crippen molar-refractivity contribution in [2.75, 3.05) is 13.2 Å². The Labute approximate surface area is 139 Å². The van der Waals surface area contributed by atoms with Crippen molar-refractivity contribution in [1.82, 2.24) is 0 Å². The lowest BCUT2D eigenvalue weighted by Crippen LogP contribution is -2.38. The van der Waals surface area contributed by atoms with E-state index in [2.05, 4.69) is 13.8 Å². The van der Waals surface area contributed by atoms with E-state index in [0.29, 0.717) is 0 Å². The van der Waals surface area contributed by atoms with Crippen molar-refractivity contribution in [3.05, 3.63) is 22.7 Å². The Morgan fingerprint density at radius 3 is 1.52 bits per heavy atom. The van der Waals surface area contributed by atoms with Crippen molar-refractivity contribution in [3.8, 4) is 0 Å². The molecular formula is C19H32O4. The van der Waals surface area contributed by atoms with Crippen molar-refractivity contribution in [2.24, 2.45) is 17.3 Å². The number of aliphatic hydroxyl groups is 4. The van der Waals surface area contributed by atoms with E-state index in [1.54, 1.807) is 0 Å². The molecule has 0 aromatic heterocycles. The van der Waals surface area contributed by atoms with E-state index < -0.39 is 18.6 Å². The first-order chi connectivity index (χ1) is 11.0. The molecule has 2 unspecified atom stereocenters. The third-order valence-corrected chi connectivity index (χ3v) is 5.91. The van der Waals surface area contributed by atoms with Crippen molar-refractivity contribution >= 4 is 0 Å². The van der Waals surface area contributed by atoms with Gasteiger partial charge in [-0.1, -0.05) is 26.7 Å². The van der Waals surface area contributed by atoms with Gasteiger partial charge in [-0.05, 0) is 61.5 Å². The zero-order valence-corrected chi connectivity index (χ0v) is 14.5. The predicted octanol–water partition coefficient (Wildman–Crippen LogP) is 4.00. The van der Waals surface area contributed by atoms with Gasteiger partial charge in [-0.25, -0.2) is 0 Å². The predicted molar refractivity (Wildman–Crippen MR) is 91.2 cm³/mol. The highest BCUT2D eigenvalue weighted by molar-refractivity contribution is 5.32. The molecule has 0 heterocycles. The van der Waals surface area contributed by atoms with Crippen LogP contribution in [0, 0.1) is 17.3 Å². The van der Waals surface area contributed by atoms with E-state index in [1.807, 2.05) is 0 Å². The Kier molecular flexibility index (Phi) is 6.15. The molecule has 0 bridgehead atoms. The van der Waals surface area contributed by atoms with Gasteiger partial charge in [0.15, 0.2) is 0 Å². The summed E-state index contributed by atoms with van der Waals surface area (Å²) in [7, 11) is 0. The summed E-state index contributed by atoms with van der Waals surface area (Å²) in [5.41, 5.74) is 0.326. The summed E-state index contributed by atoms with van der Waals surface area (Å²) in [4.78, 5) is 0. The summed E-state index contributed by atoms with van der Waals surface area (Å²) in [6.07, 6.45) is 7.81. The zero-order valence-electron chi connectivity index (χ0n) is 14.5. The molecule has 4 N–H and O–H groups in total. The number of aliphatic hydroxyl groups excluding tert-OH is 4. The zero-order chi connectivity index (χ0) is 17.0. The van der Waals surface area contributed by atoms with E-state index in [4.69, 9.17) is 0 Å². The molecule has 0 amide bonds. The molecule has 0 aliphatic heterocycles. The molecule has 132 valence electrons. The van der Waals surface area contributed by atoms with Crippen LogP contribution in [0.2, 0.25) is 0 Å². The second-order valence-electron chi connectivity index (χ2n) is 7.44. The lowest BCUT2D eigenvalue weighted by molar-refractivity contribution is 0.0388. The van der Waals surface area contributed by atoms with Crippen LogP contribution in [0.1, 0.15) is 65.2 Å². The van der Waals surface area contributed by atoms with Crippen LogP contribution in [0.4, 0.5) is 0 Å². The van der Waals surface area contributed by atoms with E-state index in [9.17, 15) is 20.4 Å². The van der Waals surface area contributed by atoms with Gasteiger partial charge in [-0.3, -0.25) is 0 Å². The second-order valence-corrected chi connectivity index (χ2v) is 7.44. The number of rotatable bonds is 4. The Morgan fingerprint density at radius 2 is 1.22 bits per heavy atom. The molecule has 0 radical (unpaired) electrons. The average Bonchev–Trinajstić information content (AvgIpc) is 2.57. The quantitative estimate of drug-likeness (QED) is 0.589. The molecule has 2 saturated carbocycles. The number of hydrogen-bond donors (Lipinski definition) is 4. The highest BCUT2D eigenvalue weighted by atomic mass is 16.3. The lowest BCUT2D eigenvalue weighted by atomic mass is 9.73. The van der Waals surface area contributed by atoms with Crippen LogP contribution in [0.15, 0.2) is 22.7 Å². The minimum atomic E-state index is -1.44. The SMILES string of the molecule is CC1CCCCC1=C(O)C(CO)(CO)C(O)=C1CCCCC1C. The third kappa shape index (κ3) is 3.43. The monoisotopic (exact) mass is 324 g/mol. The van der Waals surface area contributed by atoms with E-state index in [0.717, 1.165) is 62.5 Å². The fourth-order valence-electron chi connectivity index (χ4n) is 4.15. The molecule has 2 fully saturated rings. The summed E-state index contributed by atoms with van der Waals surface area (Å²) >= 11 is 0. The van der Waals surface area contributed by atoms with Crippen LogP contribution in [-0.4, -0.2) is 33.6 Å². The largest absolute Gasteiger partial charge is 0.511 e. The van der Waals surface area contributed by atoms with Crippen molar-refractivity contribution in [3.63, 3.8) is 0 Å². The molecule has 0 spiro atoms. The van der Waals surface area contributed by atoms with E-state index in [-0.39, 0.29) is 23.4 Å². The van der Waals surface area contributed by atoms with Gasteiger partial charge in [0, 0.05) is 0 Å². The molecule has 4 heteroatoms. The molecule has 2 aliphatic carbocycles. The maximum Gasteiger partial charge on any atom is 0.130 e. The Morgan fingerprint density at radius 1 is 0.826 bits per heavy atom. The van der Waals surface area contributed by atoms with Gasteiger partial charge in [0.05, 0.1) is 13.2 Å². The van der Waals surface area contributed by atoms with Crippen molar-refractivity contribution in [1.29, 1.82) is 0 Å². The fourth-order valence-corrected chi connectivity index (χ4v) is 4.15. The minimum Gasteiger partial charge on any atom is -0.511 e. The molecule has 2 aliphatic rings. The lowest BCUT2D eigenvalue weighted by Gasteiger charge is -2.36. The summed E-state index contributed by atoms with van der Waals surface area (Å²) in [5.74, 6) is 0.445. The van der Waals surface area contributed by atoms with Crippen molar-refractivity contribution in [2.45, 2.75) is 65.2 Å². The Balaban J connectivity index is 2.50. The van der Waals surface area contributed by atoms with Crippen LogP contribution in [-0.2, 0) is 0 Å². The Hall–Kier alpha value is -1.00. The summed E-state index contributed by atoms with van der Waals surface area (Å²) in [6.45, 7) is 3.18. The number of hydrogen-bond acceptors (Lipinski definition) is 4. The first kappa shape index (κ1) is 18.3. The second kappa shape index (κ2) is 7.71. The van der Waals surface area contributed by atoms with Gasteiger partial charge in [-0.2, -0.15) is 0 Å². The molecular weight excluding hydrogens is 292 g/mol. The molecule has 2 atom stereocenters. The van der Waals surface area contributed by atoms with Gasteiger partial charge in [0.1, 0.15) is 16.9 Å². The molecule has 4 nitrogen and oxygen atoms in total. The maximum absolute atomic E-state index is 10.9. The van der Waals surface area contributed by atoms with Crippen LogP contribution >= 0.6 is 0 Å². The maximum atomic E-state index is 10.9. The highest BCUT2D eigenvalue weighted by Crippen LogP contribution is 2.44. The number of allylic oxidation sites excluding steroid dienone is 2. The van der Waals surface area contributed by atoms with E-state index >= 15 is 0 Å². The van der Waals surface area contributed by atoms with Crippen LogP contribution in [0.5, 0.6) is 0 Å². The van der Waals surface area contributed by atoms with E-state index in [1.165, 1.54) is 0 Å². The van der Waals surface area contributed by atoms with Crippen LogP contribution < -0.4 is 0 Å². The summed E-state index contributed by atoms with van der Waals surface area (Å²) < 4.78 is 0.